The fourth-order valence-electron chi connectivity index (χ4n) is 3.68. The molecule has 0 bridgehead atoms. The Morgan fingerprint density at radius 3 is 2.88 bits per heavy atom. The van der Waals surface area contributed by atoms with Crippen molar-refractivity contribution in [3.05, 3.63) is 62.0 Å². The summed E-state index contributed by atoms with van der Waals surface area (Å²) in [6, 6.07) is 9.98. The van der Waals surface area contributed by atoms with E-state index in [1.54, 1.807) is 13.1 Å². The molecule has 180 valence electrons. The average molecular weight is 483 g/mol. The molecule has 1 fully saturated rings. The summed E-state index contributed by atoms with van der Waals surface area (Å²) >= 11 is 1.09. The van der Waals surface area contributed by atoms with Crippen LogP contribution < -0.4 is 20.1 Å². The van der Waals surface area contributed by atoms with Crippen LogP contribution in [0.5, 0.6) is 0 Å². The smallest absolute Gasteiger partial charge is 0.352 e. The van der Waals surface area contributed by atoms with E-state index < -0.39 is 5.97 Å². The van der Waals surface area contributed by atoms with E-state index in [1.165, 1.54) is 16.2 Å². The highest BCUT2D eigenvalue weighted by Crippen LogP contribution is 2.13. The van der Waals surface area contributed by atoms with Crippen LogP contribution in [0.25, 0.3) is 11.8 Å². The second-order valence-corrected chi connectivity index (χ2v) is 8.77. The van der Waals surface area contributed by atoms with Gasteiger partial charge in [-0.15, -0.1) is 11.3 Å². The molecule has 1 saturated heterocycles. The lowest BCUT2D eigenvalue weighted by Crippen LogP contribution is -2.36. The van der Waals surface area contributed by atoms with Gasteiger partial charge in [-0.3, -0.25) is 14.3 Å². The van der Waals surface area contributed by atoms with Crippen molar-refractivity contribution in [3.63, 3.8) is 0 Å². The summed E-state index contributed by atoms with van der Waals surface area (Å²) in [6.45, 7) is 10.3. The van der Waals surface area contributed by atoms with E-state index in [4.69, 9.17) is 9.47 Å². The highest BCUT2D eigenvalue weighted by molar-refractivity contribution is 7.07. The maximum atomic E-state index is 12.9. The summed E-state index contributed by atoms with van der Waals surface area (Å²) < 4.78 is 12.5. The van der Waals surface area contributed by atoms with E-state index >= 15 is 0 Å². The number of nitrogens with zero attached hydrogens (tertiary/aromatic N) is 3. The Morgan fingerprint density at radius 2 is 2.18 bits per heavy atom. The molecule has 1 N–H and O–H groups in total. The average Bonchev–Trinajstić information content (AvgIpc) is 3.17. The molecule has 2 heterocycles. The predicted octanol–water partition coefficient (Wildman–Crippen LogP) is 1.45. The monoisotopic (exact) mass is 482 g/mol. The first-order valence-electron chi connectivity index (χ1n) is 11.3. The molecule has 0 aliphatic carbocycles. The molecule has 1 aromatic heterocycles. The number of benzene rings is 1. The Kier molecular flexibility index (Phi) is 9.64. The van der Waals surface area contributed by atoms with E-state index in [0.29, 0.717) is 11.1 Å². The Bertz CT molecular complexity index is 1220. The van der Waals surface area contributed by atoms with Crippen LogP contribution in [-0.2, 0) is 27.2 Å². The number of hydrogen-bond donors (Lipinski definition) is 1. The van der Waals surface area contributed by atoms with Crippen LogP contribution in [0.4, 0.5) is 5.69 Å². The number of nitriles is 1. The molecule has 0 radical (unpaired) electrons. The van der Waals surface area contributed by atoms with Gasteiger partial charge in [0.15, 0.2) is 5.57 Å². The summed E-state index contributed by atoms with van der Waals surface area (Å²) in [7, 11) is 0. The molecule has 1 aliphatic heterocycles. The number of carbonyl (C=O) groups is 1. The molecule has 34 heavy (non-hydrogen) atoms. The van der Waals surface area contributed by atoms with Crippen LogP contribution in [0.15, 0.2) is 41.7 Å². The van der Waals surface area contributed by atoms with Crippen LogP contribution >= 0.6 is 11.3 Å². The zero-order valence-electron chi connectivity index (χ0n) is 19.4. The lowest BCUT2D eigenvalue weighted by Gasteiger charge is -2.26. The number of esters is 1. The number of nitrogens with one attached hydrogen (secondary N) is 1. The maximum Gasteiger partial charge on any atom is 0.352 e. The van der Waals surface area contributed by atoms with Crippen LogP contribution in [0.1, 0.15) is 18.9 Å². The second-order valence-electron chi connectivity index (χ2n) is 7.74. The van der Waals surface area contributed by atoms with E-state index in [-0.39, 0.29) is 22.4 Å². The van der Waals surface area contributed by atoms with Gasteiger partial charge in [-0.05, 0) is 44.0 Å². The first-order chi connectivity index (χ1) is 16.6. The molecule has 0 unspecified atom stereocenters. The second kappa shape index (κ2) is 12.9. The Balaban J connectivity index is 1.76. The number of ether oxygens (including phenoxy) is 2. The molecular weight excluding hydrogens is 452 g/mol. The molecule has 0 saturated carbocycles. The van der Waals surface area contributed by atoms with Gasteiger partial charge in [0.25, 0.3) is 5.56 Å². The van der Waals surface area contributed by atoms with Crippen molar-refractivity contribution in [1.29, 1.82) is 5.26 Å². The van der Waals surface area contributed by atoms with Gasteiger partial charge in [-0.25, -0.2) is 4.79 Å². The zero-order valence-corrected chi connectivity index (χ0v) is 20.2. The number of anilines is 1. The van der Waals surface area contributed by atoms with Crippen LogP contribution in [0.2, 0.25) is 0 Å². The summed E-state index contributed by atoms with van der Waals surface area (Å²) in [5.74, 6) is -0.768. The lowest BCUT2D eigenvalue weighted by atomic mass is 10.1. The van der Waals surface area contributed by atoms with Crippen molar-refractivity contribution in [2.75, 3.05) is 44.8 Å². The van der Waals surface area contributed by atoms with Crippen LogP contribution in [0, 0.1) is 11.3 Å². The fraction of sp³-hybridized carbons (Fsp3) is 0.400. The van der Waals surface area contributed by atoms with Crippen LogP contribution in [-0.4, -0.2) is 54.9 Å². The molecular formula is C25H30N4O4S. The minimum atomic E-state index is -0.768. The number of aromatic nitrogens is 1. The number of thiazole rings is 1. The largest absolute Gasteiger partial charge is 0.457 e. The maximum absolute atomic E-state index is 12.9. The van der Waals surface area contributed by atoms with Gasteiger partial charge in [0.1, 0.15) is 21.9 Å². The van der Waals surface area contributed by atoms with Crippen molar-refractivity contribution < 1.29 is 14.3 Å². The lowest BCUT2D eigenvalue weighted by molar-refractivity contribution is -0.135. The highest BCUT2D eigenvalue weighted by atomic mass is 32.1. The normalized spacial score (nSPS) is 15.5. The molecule has 0 atom stereocenters. The summed E-state index contributed by atoms with van der Waals surface area (Å²) in [5.41, 5.74) is 1.64. The number of hydrogen-bond acceptors (Lipinski definition) is 8. The third kappa shape index (κ3) is 6.67. The van der Waals surface area contributed by atoms with Crippen molar-refractivity contribution in [2.45, 2.75) is 26.3 Å². The zero-order chi connectivity index (χ0) is 24.3. The van der Waals surface area contributed by atoms with Gasteiger partial charge in [0.05, 0.1) is 13.2 Å². The highest BCUT2D eigenvalue weighted by Gasteiger charge is 2.16. The SMILES string of the molecule is C=CCOC(=O)/C(C#N)=c1\s/c(=C/Nc2cccc(CCCN3CCOCC3)c2)c(=O)n1CC. The first kappa shape index (κ1) is 25.4. The minimum Gasteiger partial charge on any atom is -0.457 e. The van der Waals surface area contributed by atoms with Crippen LogP contribution in [0.3, 0.4) is 0 Å². The van der Waals surface area contributed by atoms with Gasteiger partial charge < -0.3 is 14.8 Å². The fourth-order valence-corrected chi connectivity index (χ4v) is 4.75. The Morgan fingerprint density at radius 1 is 1.38 bits per heavy atom. The van der Waals surface area contributed by atoms with Gasteiger partial charge >= 0.3 is 5.97 Å². The quantitative estimate of drug-likeness (QED) is 0.404. The van der Waals surface area contributed by atoms with Crippen molar-refractivity contribution in [3.8, 4) is 6.07 Å². The van der Waals surface area contributed by atoms with E-state index in [9.17, 15) is 14.9 Å². The summed E-state index contributed by atoms with van der Waals surface area (Å²) in [4.78, 5) is 27.5. The number of morpholine rings is 1. The molecule has 3 rings (SSSR count). The number of rotatable bonds is 10. The summed E-state index contributed by atoms with van der Waals surface area (Å²) in [6.07, 6.45) is 5.08. The van der Waals surface area contributed by atoms with Gasteiger partial charge in [-0.2, -0.15) is 5.26 Å². The third-order valence-electron chi connectivity index (χ3n) is 5.43. The standard InChI is InChI=1S/C25H30N4O4S/c1-3-13-33-25(31)21(17-26)24-29(4-2)23(30)22(34-24)18-27-20-9-5-7-19(16-20)8-6-10-28-11-14-32-15-12-28/h3,5,7,9,16,18,27H,1,4,6,8,10-15H2,2H3/b22-18+,24-21-. The van der Waals surface area contributed by atoms with Gasteiger partial charge in [-0.1, -0.05) is 24.8 Å². The van der Waals surface area contributed by atoms with Gasteiger partial charge in [0.2, 0.25) is 0 Å². The third-order valence-corrected chi connectivity index (χ3v) is 6.56. The molecule has 2 aromatic rings. The summed E-state index contributed by atoms with van der Waals surface area (Å²) in [5, 5.41) is 12.7. The minimum absolute atomic E-state index is 0.00489. The molecule has 1 aliphatic rings. The van der Waals surface area contributed by atoms with Crippen molar-refractivity contribution in [2.24, 2.45) is 0 Å². The van der Waals surface area contributed by atoms with Crippen molar-refractivity contribution in [1.82, 2.24) is 9.47 Å². The number of carbonyl (C=O) groups excluding carboxylic acids is 1. The topological polar surface area (TPSA) is 96.6 Å². The Labute approximate surface area is 203 Å². The molecule has 9 heteroatoms. The van der Waals surface area contributed by atoms with E-state index in [1.807, 2.05) is 18.2 Å². The molecule has 1 aromatic carbocycles. The molecule has 8 nitrogen and oxygen atoms in total. The Hall–Kier alpha value is -3.19. The van der Waals surface area contributed by atoms with E-state index in [0.717, 1.165) is 62.7 Å². The van der Waals surface area contributed by atoms with Crippen molar-refractivity contribution >= 4 is 34.8 Å². The van der Waals surface area contributed by atoms with E-state index in [2.05, 4.69) is 28.9 Å². The molecule has 0 amide bonds. The van der Waals surface area contributed by atoms with Gasteiger partial charge in [0, 0.05) is 31.5 Å². The first-order valence-corrected chi connectivity index (χ1v) is 12.2. The number of aryl methyl sites for hydroxylation is 1. The molecule has 0 spiro atoms. The predicted molar refractivity (Wildman–Crippen MR) is 134 cm³/mol.